The number of methoxy groups -OCH3 is 1. The number of rotatable bonds is 8. The Morgan fingerprint density at radius 3 is 2.41 bits per heavy atom. The van der Waals surface area contributed by atoms with Gasteiger partial charge in [-0.1, -0.05) is 59.6 Å². The number of nitrogens with zero attached hydrogens (tertiary/aromatic N) is 2. The smallest absolute Gasteiger partial charge is 0.254 e. The summed E-state index contributed by atoms with van der Waals surface area (Å²) in [5, 5.41) is 0.714. The van der Waals surface area contributed by atoms with E-state index in [4.69, 9.17) is 21.1 Å². The number of carbonyl (C=O) groups is 1. The molecule has 0 aromatic heterocycles. The van der Waals surface area contributed by atoms with Crippen LogP contribution in [0.1, 0.15) is 33.2 Å². The molecule has 1 saturated heterocycles. The SMILES string of the molecule is COc1cccc(C(=O)N2CCN(CC(OCc3cccc(C)c3)c3ccc(Cl)cc3)CC2)c1. The largest absolute Gasteiger partial charge is 0.497 e. The standard InChI is InChI=1S/C28H31ClN2O3/c1-21-5-3-6-22(17-21)20-34-27(23-9-11-25(29)12-10-23)19-30-13-15-31(16-14-30)28(32)24-7-4-8-26(18-24)33-2/h3-12,17-18,27H,13-16,19-20H2,1-2H3. The minimum atomic E-state index is -0.0848. The molecule has 0 N–H and O–H groups in total. The van der Waals surface area contributed by atoms with Crippen LogP contribution in [-0.4, -0.2) is 55.5 Å². The lowest BCUT2D eigenvalue weighted by molar-refractivity contribution is 0.00341. The highest BCUT2D eigenvalue weighted by Gasteiger charge is 2.25. The Morgan fingerprint density at radius 2 is 1.71 bits per heavy atom. The van der Waals surface area contributed by atoms with Crippen LogP contribution in [0.5, 0.6) is 5.75 Å². The lowest BCUT2D eigenvalue weighted by Crippen LogP contribution is -2.49. The van der Waals surface area contributed by atoms with Crippen LogP contribution in [0.15, 0.2) is 72.8 Å². The molecule has 0 saturated carbocycles. The Hall–Kier alpha value is -2.86. The summed E-state index contributed by atoms with van der Waals surface area (Å²) < 4.78 is 11.7. The predicted molar refractivity (Wildman–Crippen MR) is 135 cm³/mol. The maximum absolute atomic E-state index is 13.0. The summed E-state index contributed by atoms with van der Waals surface area (Å²) in [5.41, 5.74) is 4.15. The Labute approximate surface area is 206 Å². The van der Waals surface area contributed by atoms with E-state index in [9.17, 15) is 4.79 Å². The molecule has 5 nitrogen and oxygen atoms in total. The van der Waals surface area contributed by atoms with Gasteiger partial charge in [0.2, 0.25) is 0 Å². The zero-order valence-corrected chi connectivity index (χ0v) is 20.5. The van der Waals surface area contributed by atoms with Crippen LogP contribution < -0.4 is 4.74 Å². The number of amides is 1. The van der Waals surface area contributed by atoms with Crippen molar-refractivity contribution in [2.75, 3.05) is 39.8 Å². The highest BCUT2D eigenvalue weighted by molar-refractivity contribution is 6.30. The van der Waals surface area contributed by atoms with Crippen molar-refractivity contribution in [3.05, 3.63) is 100 Å². The van der Waals surface area contributed by atoms with E-state index in [1.807, 2.05) is 47.4 Å². The van der Waals surface area contributed by atoms with E-state index in [1.165, 1.54) is 5.56 Å². The third-order valence-corrected chi connectivity index (χ3v) is 6.43. The molecule has 0 bridgehead atoms. The number of halogens is 1. The van der Waals surface area contributed by atoms with Gasteiger partial charge in [-0.3, -0.25) is 9.69 Å². The van der Waals surface area contributed by atoms with Gasteiger partial charge in [0.1, 0.15) is 5.75 Å². The second kappa shape index (κ2) is 11.5. The lowest BCUT2D eigenvalue weighted by Gasteiger charge is -2.36. The van der Waals surface area contributed by atoms with Crippen molar-refractivity contribution in [3.63, 3.8) is 0 Å². The van der Waals surface area contributed by atoms with Crippen LogP contribution in [0.3, 0.4) is 0 Å². The molecule has 0 radical (unpaired) electrons. The summed E-state index contributed by atoms with van der Waals surface area (Å²) in [5.74, 6) is 0.740. The summed E-state index contributed by atoms with van der Waals surface area (Å²) in [6.07, 6.45) is -0.0848. The number of aryl methyl sites for hydroxylation is 1. The molecular formula is C28H31ClN2O3. The first-order valence-electron chi connectivity index (χ1n) is 11.6. The van der Waals surface area contributed by atoms with E-state index in [0.717, 1.165) is 30.8 Å². The maximum Gasteiger partial charge on any atom is 0.254 e. The number of hydrogen-bond acceptors (Lipinski definition) is 4. The second-order valence-corrected chi connectivity index (χ2v) is 9.10. The highest BCUT2D eigenvalue weighted by atomic mass is 35.5. The van der Waals surface area contributed by atoms with Crippen LogP contribution in [0.2, 0.25) is 5.02 Å². The van der Waals surface area contributed by atoms with Gasteiger partial charge in [-0.05, 0) is 48.4 Å². The van der Waals surface area contributed by atoms with E-state index >= 15 is 0 Å². The molecule has 3 aromatic carbocycles. The first-order chi connectivity index (χ1) is 16.5. The van der Waals surface area contributed by atoms with E-state index in [2.05, 4.69) is 36.1 Å². The third-order valence-electron chi connectivity index (χ3n) is 6.18. The van der Waals surface area contributed by atoms with Gasteiger partial charge in [0.05, 0.1) is 19.8 Å². The van der Waals surface area contributed by atoms with Crippen molar-refractivity contribution in [1.29, 1.82) is 0 Å². The molecule has 1 unspecified atom stereocenters. The van der Waals surface area contributed by atoms with E-state index < -0.39 is 0 Å². The van der Waals surface area contributed by atoms with Crippen molar-refractivity contribution < 1.29 is 14.3 Å². The minimum Gasteiger partial charge on any atom is -0.497 e. The first kappa shape index (κ1) is 24.3. The van der Waals surface area contributed by atoms with Crippen molar-refractivity contribution in [2.45, 2.75) is 19.6 Å². The van der Waals surface area contributed by atoms with E-state index in [1.54, 1.807) is 13.2 Å². The quantitative estimate of drug-likeness (QED) is 0.436. The van der Waals surface area contributed by atoms with Gasteiger partial charge in [-0.25, -0.2) is 0 Å². The summed E-state index contributed by atoms with van der Waals surface area (Å²) in [6, 6.07) is 23.6. The average Bonchev–Trinajstić information content (AvgIpc) is 2.87. The molecule has 3 aromatic rings. The first-order valence-corrected chi connectivity index (χ1v) is 12.0. The summed E-state index contributed by atoms with van der Waals surface area (Å²) in [4.78, 5) is 17.2. The van der Waals surface area contributed by atoms with E-state index in [-0.39, 0.29) is 12.0 Å². The average molecular weight is 479 g/mol. The number of carbonyl (C=O) groups excluding carboxylic acids is 1. The van der Waals surface area contributed by atoms with Crippen molar-refractivity contribution in [3.8, 4) is 5.75 Å². The van der Waals surface area contributed by atoms with Gasteiger partial charge in [0.15, 0.2) is 0 Å². The Balaban J connectivity index is 1.38. The summed E-state index contributed by atoms with van der Waals surface area (Å²) in [7, 11) is 1.61. The van der Waals surface area contributed by atoms with Crippen LogP contribution in [0.4, 0.5) is 0 Å². The van der Waals surface area contributed by atoms with Crippen molar-refractivity contribution >= 4 is 17.5 Å². The fourth-order valence-corrected chi connectivity index (χ4v) is 4.36. The van der Waals surface area contributed by atoms with Gasteiger partial charge in [-0.15, -0.1) is 0 Å². The minimum absolute atomic E-state index is 0.0449. The van der Waals surface area contributed by atoms with Gasteiger partial charge in [-0.2, -0.15) is 0 Å². The molecule has 1 fully saturated rings. The maximum atomic E-state index is 13.0. The van der Waals surface area contributed by atoms with Crippen molar-refractivity contribution in [1.82, 2.24) is 9.80 Å². The molecule has 6 heteroatoms. The lowest BCUT2D eigenvalue weighted by atomic mass is 10.1. The fourth-order valence-electron chi connectivity index (χ4n) is 4.24. The fraction of sp³-hybridized carbons (Fsp3) is 0.321. The molecule has 0 aliphatic carbocycles. The van der Waals surface area contributed by atoms with Crippen molar-refractivity contribution in [2.24, 2.45) is 0 Å². The molecule has 1 amide bonds. The van der Waals surface area contributed by atoms with Gasteiger partial charge >= 0.3 is 0 Å². The zero-order valence-electron chi connectivity index (χ0n) is 19.7. The Morgan fingerprint density at radius 1 is 0.971 bits per heavy atom. The molecule has 1 aliphatic rings. The van der Waals surface area contributed by atoms with E-state index in [0.29, 0.717) is 36.0 Å². The van der Waals surface area contributed by atoms with Crippen LogP contribution in [0, 0.1) is 6.92 Å². The molecule has 34 heavy (non-hydrogen) atoms. The number of hydrogen-bond donors (Lipinski definition) is 0. The van der Waals surface area contributed by atoms with Crippen LogP contribution >= 0.6 is 11.6 Å². The third kappa shape index (κ3) is 6.38. The Bertz CT molecular complexity index is 1090. The number of ether oxygens (including phenoxy) is 2. The molecule has 1 aliphatic heterocycles. The summed E-state index contributed by atoms with van der Waals surface area (Å²) in [6.45, 7) is 6.36. The van der Waals surface area contributed by atoms with Gasteiger partial charge in [0, 0.05) is 43.3 Å². The van der Waals surface area contributed by atoms with Crippen LogP contribution in [-0.2, 0) is 11.3 Å². The second-order valence-electron chi connectivity index (χ2n) is 8.67. The predicted octanol–water partition coefficient (Wildman–Crippen LogP) is 5.37. The molecule has 178 valence electrons. The monoisotopic (exact) mass is 478 g/mol. The summed E-state index contributed by atoms with van der Waals surface area (Å²) >= 11 is 6.12. The Kier molecular flexibility index (Phi) is 8.22. The number of benzene rings is 3. The van der Waals surface area contributed by atoms with Crippen LogP contribution in [0.25, 0.3) is 0 Å². The highest BCUT2D eigenvalue weighted by Crippen LogP contribution is 2.24. The molecule has 4 rings (SSSR count). The van der Waals surface area contributed by atoms with Gasteiger partial charge in [0.25, 0.3) is 5.91 Å². The molecular weight excluding hydrogens is 448 g/mol. The topological polar surface area (TPSA) is 42.0 Å². The molecule has 1 atom stereocenters. The van der Waals surface area contributed by atoms with Gasteiger partial charge < -0.3 is 14.4 Å². The molecule has 1 heterocycles. The molecule has 0 spiro atoms. The normalized spacial score (nSPS) is 15.2. The number of piperazine rings is 1. The zero-order chi connectivity index (χ0) is 23.9.